The Balaban J connectivity index is 1.96. The molecule has 1 saturated heterocycles. The number of benzene rings is 2. The van der Waals surface area contributed by atoms with Crippen LogP contribution in [0, 0.1) is 6.92 Å². The van der Waals surface area contributed by atoms with Crippen molar-refractivity contribution in [3.63, 3.8) is 0 Å². The summed E-state index contributed by atoms with van der Waals surface area (Å²) >= 11 is 0. The van der Waals surface area contributed by atoms with E-state index in [0.29, 0.717) is 22.6 Å². The summed E-state index contributed by atoms with van der Waals surface area (Å²) in [4.78, 5) is 28.8. The molecule has 0 atom stereocenters. The molecule has 0 unspecified atom stereocenters. The Bertz CT molecular complexity index is 905. The van der Waals surface area contributed by atoms with E-state index in [9.17, 15) is 9.59 Å². The molecule has 2 aromatic carbocycles. The van der Waals surface area contributed by atoms with Crippen molar-refractivity contribution in [2.75, 3.05) is 57.7 Å². The van der Waals surface area contributed by atoms with Crippen molar-refractivity contribution >= 4 is 23.3 Å². The molecule has 2 aromatic rings. The van der Waals surface area contributed by atoms with Crippen LogP contribution in [0.15, 0.2) is 36.4 Å². The fraction of sp³-hybridized carbons (Fsp3) is 0.364. The minimum absolute atomic E-state index is 0.284. The van der Waals surface area contributed by atoms with Gasteiger partial charge in [-0.25, -0.2) is 4.79 Å². The minimum atomic E-state index is -0.442. The number of aryl methyl sites for hydroxylation is 1. The molecular formula is C22H28N3O4+. The zero-order chi connectivity index (χ0) is 21.0. The van der Waals surface area contributed by atoms with Gasteiger partial charge in [-0.1, -0.05) is 12.1 Å². The Morgan fingerprint density at radius 3 is 2.48 bits per heavy atom. The molecule has 0 spiro atoms. The van der Waals surface area contributed by atoms with Crippen molar-refractivity contribution in [2.45, 2.75) is 6.92 Å². The molecule has 1 aliphatic heterocycles. The summed E-state index contributed by atoms with van der Waals surface area (Å²) in [7, 11) is 5.06. The lowest BCUT2D eigenvalue weighted by atomic mass is 10.1. The molecular weight excluding hydrogens is 370 g/mol. The molecule has 0 aromatic heterocycles. The van der Waals surface area contributed by atoms with Crippen molar-refractivity contribution in [1.82, 2.24) is 0 Å². The third-order valence-corrected chi connectivity index (χ3v) is 5.28. The monoisotopic (exact) mass is 398 g/mol. The molecule has 7 heteroatoms. The molecule has 29 heavy (non-hydrogen) atoms. The van der Waals surface area contributed by atoms with Gasteiger partial charge in [0.25, 0.3) is 5.91 Å². The normalized spacial score (nSPS) is 14.4. The highest BCUT2D eigenvalue weighted by Crippen LogP contribution is 2.30. The van der Waals surface area contributed by atoms with Crippen LogP contribution >= 0.6 is 0 Å². The first-order valence-electron chi connectivity index (χ1n) is 9.68. The number of esters is 1. The zero-order valence-electron chi connectivity index (χ0n) is 17.4. The summed E-state index contributed by atoms with van der Waals surface area (Å²) in [5, 5.41) is 2.98. The van der Waals surface area contributed by atoms with Crippen molar-refractivity contribution in [2.24, 2.45) is 0 Å². The number of hydrogen-bond donors (Lipinski definition) is 2. The van der Waals surface area contributed by atoms with Crippen LogP contribution in [0.25, 0.3) is 0 Å². The highest BCUT2D eigenvalue weighted by molar-refractivity contribution is 6.08. The number of carbonyl (C=O) groups excluding carboxylic acids is 2. The summed E-state index contributed by atoms with van der Waals surface area (Å²) in [6.07, 6.45) is 0. The number of methoxy groups -OCH3 is 2. The molecule has 1 aliphatic rings. The number of amides is 1. The number of quaternary nitrogens is 1. The summed E-state index contributed by atoms with van der Waals surface area (Å²) < 4.78 is 10.3. The number of anilines is 2. The van der Waals surface area contributed by atoms with Crippen LogP contribution in [0.2, 0.25) is 0 Å². The third-order valence-electron chi connectivity index (χ3n) is 5.28. The molecule has 1 fully saturated rings. The fourth-order valence-corrected chi connectivity index (χ4v) is 3.58. The number of para-hydroxylation sites is 1. The molecule has 3 rings (SSSR count). The van der Waals surface area contributed by atoms with E-state index in [-0.39, 0.29) is 5.91 Å². The van der Waals surface area contributed by atoms with Gasteiger partial charge in [0.1, 0.15) is 5.75 Å². The molecule has 1 amide bonds. The van der Waals surface area contributed by atoms with Crippen LogP contribution in [0.5, 0.6) is 5.75 Å². The van der Waals surface area contributed by atoms with Crippen LogP contribution in [0.3, 0.4) is 0 Å². The highest BCUT2D eigenvalue weighted by Gasteiger charge is 2.23. The van der Waals surface area contributed by atoms with Gasteiger partial charge in [0, 0.05) is 0 Å². The van der Waals surface area contributed by atoms with Gasteiger partial charge in [-0.2, -0.15) is 0 Å². The topological polar surface area (TPSA) is 72.3 Å². The number of likely N-dealkylation sites (N-methyl/N-ethyl adjacent to an activating group) is 1. The number of ether oxygens (including phenoxy) is 2. The second kappa shape index (κ2) is 8.96. The molecule has 2 N–H and O–H groups in total. The van der Waals surface area contributed by atoms with Crippen LogP contribution in [-0.4, -0.2) is 59.3 Å². The lowest BCUT2D eigenvalue weighted by molar-refractivity contribution is -0.880. The number of rotatable bonds is 5. The first kappa shape index (κ1) is 20.7. The van der Waals surface area contributed by atoms with E-state index >= 15 is 0 Å². The molecule has 0 saturated carbocycles. The second-order valence-corrected chi connectivity index (χ2v) is 7.28. The number of nitrogens with one attached hydrogen (secondary N) is 2. The smallest absolute Gasteiger partial charge is 0.337 e. The first-order chi connectivity index (χ1) is 13.9. The van der Waals surface area contributed by atoms with E-state index in [1.54, 1.807) is 25.3 Å². The van der Waals surface area contributed by atoms with Crippen LogP contribution in [0.4, 0.5) is 11.4 Å². The maximum Gasteiger partial charge on any atom is 0.337 e. The number of nitrogens with zero attached hydrogens (tertiary/aromatic N) is 1. The van der Waals surface area contributed by atoms with Crippen molar-refractivity contribution in [1.29, 1.82) is 0 Å². The summed E-state index contributed by atoms with van der Waals surface area (Å²) in [6.45, 7) is 5.67. The van der Waals surface area contributed by atoms with Gasteiger partial charge in [-0.15, -0.1) is 0 Å². The predicted molar refractivity (Wildman–Crippen MR) is 112 cm³/mol. The predicted octanol–water partition coefficient (Wildman–Crippen LogP) is 1.38. The SMILES string of the molecule is COC(=O)c1ccc(N2CC[NH+](C)CC2)c(NC(=O)c2cccc(C)c2OC)c1. The Hall–Kier alpha value is -3.06. The zero-order valence-corrected chi connectivity index (χ0v) is 17.4. The summed E-state index contributed by atoms with van der Waals surface area (Å²) in [6, 6.07) is 10.7. The fourth-order valence-electron chi connectivity index (χ4n) is 3.58. The Kier molecular flexibility index (Phi) is 6.39. The average molecular weight is 398 g/mol. The lowest BCUT2D eigenvalue weighted by Crippen LogP contribution is -3.12. The summed E-state index contributed by atoms with van der Waals surface area (Å²) in [5.74, 6) is -0.185. The highest BCUT2D eigenvalue weighted by atomic mass is 16.5. The first-order valence-corrected chi connectivity index (χ1v) is 9.68. The van der Waals surface area contributed by atoms with Gasteiger partial charge in [-0.3, -0.25) is 4.79 Å². The maximum absolute atomic E-state index is 13.1. The molecule has 154 valence electrons. The van der Waals surface area contributed by atoms with Gasteiger partial charge in [0.05, 0.1) is 69.9 Å². The van der Waals surface area contributed by atoms with E-state index in [1.807, 2.05) is 25.1 Å². The van der Waals surface area contributed by atoms with E-state index in [4.69, 9.17) is 9.47 Å². The molecule has 7 nitrogen and oxygen atoms in total. The summed E-state index contributed by atoms with van der Waals surface area (Å²) in [5.41, 5.74) is 3.20. The van der Waals surface area contributed by atoms with Crippen molar-refractivity contribution in [3.05, 3.63) is 53.1 Å². The molecule has 0 aliphatic carbocycles. The van der Waals surface area contributed by atoms with Crippen molar-refractivity contribution in [3.8, 4) is 5.75 Å². The van der Waals surface area contributed by atoms with E-state index in [0.717, 1.165) is 37.4 Å². The minimum Gasteiger partial charge on any atom is -0.496 e. The Morgan fingerprint density at radius 2 is 1.83 bits per heavy atom. The number of hydrogen-bond acceptors (Lipinski definition) is 5. The Morgan fingerprint density at radius 1 is 1.10 bits per heavy atom. The van der Waals surface area contributed by atoms with Gasteiger partial charge in [0.15, 0.2) is 0 Å². The van der Waals surface area contributed by atoms with Gasteiger partial charge in [-0.05, 0) is 36.8 Å². The van der Waals surface area contributed by atoms with Crippen LogP contribution in [-0.2, 0) is 4.74 Å². The van der Waals surface area contributed by atoms with E-state index in [2.05, 4.69) is 17.3 Å². The lowest BCUT2D eigenvalue weighted by Gasteiger charge is -2.33. The van der Waals surface area contributed by atoms with Crippen LogP contribution < -0.4 is 19.9 Å². The van der Waals surface area contributed by atoms with Gasteiger partial charge < -0.3 is 24.6 Å². The maximum atomic E-state index is 13.1. The standard InChI is InChI=1S/C22H27N3O4/c1-15-6-5-7-17(20(15)28-3)21(26)23-18-14-16(22(27)29-4)8-9-19(18)25-12-10-24(2)11-13-25/h5-9,14H,10-13H2,1-4H3,(H,23,26)/p+1. The Labute approximate surface area is 171 Å². The quantitative estimate of drug-likeness (QED) is 0.745. The third kappa shape index (κ3) is 4.51. The number of piperazine rings is 1. The van der Waals surface area contributed by atoms with E-state index in [1.165, 1.54) is 12.0 Å². The van der Waals surface area contributed by atoms with Gasteiger partial charge >= 0.3 is 5.97 Å². The van der Waals surface area contributed by atoms with E-state index < -0.39 is 5.97 Å². The largest absolute Gasteiger partial charge is 0.496 e. The molecule has 1 heterocycles. The van der Waals surface area contributed by atoms with Crippen molar-refractivity contribution < 1.29 is 24.0 Å². The van der Waals surface area contributed by atoms with Crippen LogP contribution in [0.1, 0.15) is 26.3 Å². The molecule has 0 radical (unpaired) electrons. The second-order valence-electron chi connectivity index (χ2n) is 7.28. The van der Waals surface area contributed by atoms with Gasteiger partial charge in [0.2, 0.25) is 0 Å². The molecule has 0 bridgehead atoms. The average Bonchev–Trinajstić information content (AvgIpc) is 2.73. The number of carbonyl (C=O) groups is 2.